The van der Waals surface area contributed by atoms with Crippen LogP contribution in [0.2, 0.25) is 0 Å². The Hall–Kier alpha value is 0.448. The van der Waals surface area contributed by atoms with E-state index in [1.54, 1.807) is 0 Å². The minimum atomic E-state index is 0. The fourth-order valence-electron chi connectivity index (χ4n) is 6.08. The van der Waals surface area contributed by atoms with Crippen LogP contribution in [0.15, 0.2) is 0 Å². The number of rotatable bonds is 0. The van der Waals surface area contributed by atoms with E-state index in [1.165, 1.54) is 58.5 Å². The van der Waals surface area contributed by atoms with Crippen molar-refractivity contribution >= 4 is 0 Å². The third kappa shape index (κ3) is 5.87. The first-order chi connectivity index (χ1) is 12.8. The summed E-state index contributed by atoms with van der Waals surface area (Å²) in [6.07, 6.45) is 4.30. The Morgan fingerprint density at radius 1 is 0.433 bits per heavy atom. The van der Waals surface area contributed by atoms with Crippen molar-refractivity contribution in [3.8, 4) is 0 Å². The van der Waals surface area contributed by atoms with Gasteiger partial charge in [0.15, 0.2) is 0 Å². The van der Waals surface area contributed by atoms with Gasteiger partial charge >= 0.3 is 21.1 Å². The second-order valence-electron chi connectivity index (χ2n) is 10.3. The van der Waals surface area contributed by atoms with Crippen molar-refractivity contribution in [2.75, 3.05) is 81.6 Å². The van der Waals surface area contributed by atoms with Gasteiger partial charge in [0.25, 0.3) is 0 Å². The molecule has 8 aliphatic rings. The number of piperazine rings is 3. The molecule has 0 aliphatic carbocycles. The van der Waals surface area contributed by atoms with Gasteiger partial charge in [0.05, 0.1) is 0 Å². The molecular formula is C23H48N6W. The van der Waals surface area contributed by atoms with E-state index in [0.717, 1.165) is 36.3 Å². The normalized spacial score (nSPS) is 40.2. The minimum absolute atomic E-state index is 0. The van der Waals surface area contributed by atoms with Crippen molar-refractivity contribution in [2.45, 2.75) is 55.5 Å². The van der Waals surface area contributed by atoms with Crippen LogP contribution in [0.5, 0.6) is 0 Å². The zero-order valence-electron chi connectivity index (χ0n) is 20.9. The molecule has 8 saturated heterocycles. The van der Waals surface area contributed by atoms with Crippen molar-refractivity contribution < 1.29 is 21.1 Å². The van der Waals surface area contributed by atoms with Crippen LogP contribution in [0.3, 0.4) is 0 Å². The largest absolute Gasteiger partial charge is 2.00 e. The van der Waals surface area contributed by atoms with Gasteiger partial charge in [0, 0.05) is 75.5 Å². The topological polar surface area (TPSA) is 19.4 Å². The monoisotopic (exact) mass is 592 g/mol. The Morgan fingerprint density at radius 3 is 0.867 bits per heavy atom. The van der Waals surface area contributed by atoms with Crippen molar-refractivity contribution in [3.63, 3.8) is 0 Å². The van der Waals surface area contributed by atoms with Crippen LogP contribution in [0.4, 0.5) is 0 Å². The fraction of sp³-hybridized carbons (Fsp3) is 0.913. The van der Waals surface area contributed by atoms with E-state index in [4.69, 9.17) is 0 Å². The summed E-state index contributed by atoms with van der Waals surface area (Å²) in [7, 11) is 13.4. The quantitative estimate of drug-likeness (QED) is 0.387. The second-order valence-corrected chi connectivity index (χ2v) is 10.3. The van der Waals surface area contributed by atoms with Gasteiger partial charge in [-0.1, -0.05) is 0 Å². The molecule has 30 heavy (non-hydrogen) atoms. The van der Waals surface area contributed by atoms with Crippen molar-refractivity contribution in [1.29, 1.82) is 0 Å². The van der Waals surface area contributed by atoms with E-state index in [-0.39, 0.29) is 35.9 Å². The molecule has 6 bridgehead atoms. The van der Waals surface area contributed by atoms with Gasteiger partial charge in [-0.25, -0.2) is 0 Å². The smallest absolute Gasteiger partial charge is 0.358 e. The first kappa shape index (κ1) is 28.5. The molecule has 8 fully saturated rings. The molecule has 6 nitrogen and oxygen atoms in total. The van der Waals surface area contributed by atoms with Crippen molar-refractivity contribution in [2.24, 2.45) is 0 Å². The fourth-order valence-corrected chi connectivity index (χ4v) is 6.08. The molecule has 0 saturated carbocycles. The maximum absolute atomic E-state index is 2.50. The van der Waals surface area contributed by atoms with E-state index in [1.807, 2.05) is 0 Å². The van der Waals surface area contributed by atoms with E-state index < -0.39 is 0 Å². The zero-order chi connectivity index (χ0) is 19.3. The summed E-state index contributed by atoms with van der Waals surface area (Å²) in [4.78, 5) is 14.8. The summed E-state index contributed by atoms with van der Waals surface area (Å²) in [5.41, 5.74) is 0. The molecule has 0 N–H and O–H groups in total. The number of hydrogen-bond donors (Lipinski definition) is 0. The second kappa shape index (κ2) is 11.5. The van der Waals surface area contributed by atoms with Gasteiger partial charge < -0.3 is 34.5 Å². The van der Waals surface area contributed by atoms with E-state index in [0.29, 0.717) is 0 Å². The van der Waals surface area contributed by atoms with Crippen molar-refractivity contribution in [1.82, 2.24) is 29.4 Å². The number of likely N-dealkylation sites (tertiary alicyclic amines) is 2. The average Bonchev–Trinajstić information content (AvgIpc) is 3.20. The van der Waals surface area contributed by atoms with Gasteiger partial charge in [-0.05, 0) is 61.5 Å². The number of hydrogen-bond acceptors (Lipinski definition) is 6. The summed E-state index contributed by atoms with van der Waals surface area (Å²) in [5, 5.41) is 0. The summed E-state index contributed by atoms with van der Waals surface area (Å²) >= 11 is 0. The third-order valence-electron chi connectivity index (χ3n) is 8.27. The SMILES string of the molecule is CN1CC2CC(C1)N2C.CN1CC2CC(C1)N2C.CN1CC2CC1CN2C.[CH3-].[CH3-].[W+2]. The number of nitrogens with zero attached hydrogens (tertiary/aromatic N) is 6. The zero-order valence-corrected chi connectivity index (χ0v) is 23.9. The predicted molar refractivity (Wildman–Crippen MR) is 125 cm³/mol. The molecule has 8 heterocycles. The predicted octanol–water partition coefficient (Wildman–Crippen LogP) is 0.912. The molecule has 6 unspecified atom stereocenters. The molecule has 0 spiro atoms. The average molecular weight is 593 g/mol. The first-order valence-electron chi connectivity index (χ1n) is 11.0. The van der Waals surface area contributed by atoms with Gasteiger partial charge in [-0.2, -0.15) is 0 Å². The van der Waals surface area contributed by atoms with Gasteiger partial charge in [-0.15, -0.1) is 0 Å². The van der Waals surface area contributed by atoms with E-state index in [9.17, 15) is 0 Å². The van der Waals surface area contributed by atoms with Crippen LogP contribution in [0.1, 0.15) is 19.3 Å². The molecule has 0 radical (unpaired) electrons. The summed E-state index contributed by atoms with van der Waals surface area (Å²) in [6, 6.07) is 5.28. The number of piperidine rings is 2. The molecule has 8 aliphatic heterocycles. The first-order valence-corrected chi connectivity index (χ1v) is 11.0. The number of likely N-dealkylation sites (N-methyl/N-ethyl adjacent to an activating group) is 6. The Kier molecular flexibility index (Phi) is 11.0. The standard InChI is InChI=1S/3C7H14N2.2CH3.W/c1-8-4-7-3-6(8)5-9(7)2;2*1-8-4-6-3-7(5-8)9(6)2;;;/h3*6-7H,3-5H2,1-2H3;2*1H3;/q;;;2*-1;+2. The summed E-state index contributed by atoms with van der Waals surface area (Å²) in [6.45, 7) is 7.72. The third-order valence-corrected chi connectivity index (χ3v) is 8.27. The molecule has 0 aromatic carbocycles. The maximum atomic E-state index is 2.50. The van der Waals surface area contributed by atoms with Crippen LogP contribution in [-0.2, 0) is 21.1 Å². The Bertz CT molecular complexity index is 450. The molecule has 0 amide bonds. The molecular weight excluding hydrogens is 544 g/mol. The summed E-state index contributed by atoms with van der Waals surface area (Å²) < 4.78 is 0. The molecule has 0 aromatic rings. The Labute approximate surface area is 202 Å². The van der Waals surface area contributed by atoms with Crippen LogP contribution in [0, 0.1) is 14.9 Å². The molecule has 0 aromatic heterocycles. The van der Waals surface area contributed by atoms with Crippen LogP contribution in [0.25, 0.3) is 0 Å². The molecule has 7 heteroatoms. The van der Waals surface area contributed by atoms with Crippen LogP contribution < -0.4 is 0 Å². The molecule has 6 atom stereocenters. The van der Waals surface area contributed by atoms with E-state index in [2.05, 4.69) is 71.7 Å². The van der Waals surface area contributed by atoms with Gasteiger partial charge in [0.1, 0.15) is 0 Å². The molecule has 176 valence electrons. The van der Waals surface area contributed by atoms with Crippen molar-refractivity contribution in [3.05, 3.63) is 14.9 Å². The maximum Gasteiger partial charge on any atom is 2.00 e. The van der Waals surface area contributed by atoms with Crippen LogP contribution in [-0.4, -0.2) is 147 Å². The van der Waals surface area contributed by atoms with Crippen LogP contribution >= 0.6 is 0 Å². The number of fused-ring (bicyclic) bond motifs is 6. The van der Waals surface area contributed by atoms with Gasteiger partial charge in [-0.3, -0.25) is 9.80 Å². The van der Waals surface area contributed by atoms with E-state index >= 15 is 0 Å². The Morgan fingerprint density at radius 2 is 0.700 bits per heavy atom. The summed E-state index contributed by atoms with van der Waals surface area (Å²) in [5.74, 6) is 0. The molecule has 8 rings (SSSR count). The minimum Gasteiger partial charge on any atom is -0.358 e. The Balaban J connectivity index is 0.000000214. The van der Waals surface area contributed by atoms with Gasteiger partial charge in [0.2, 0.25) is 0 Å².